The number of aromatic nitrogens is 2. The minimum absolute atomic E-state index is 0.0242. The van der Waals surface area contributed by atoms with Gasteiger partial charge in [-0.05, 0) is 61.8 Å². The molecule has 0 radical (unpaired) electrons. The average Bonchev–Trinajstić information content (AvgIpc) is 3.66. The van der Waals surface area contributed by atoms with Crippen LogP contribution in [0.15, 0.2) is 24.5 Å². The first-order chi connectivity index (χ1) is 20.1. The van der Waals surface area contributed by atoms with Crippen LogP contribution in [0, 0.1) is 24.7 Å². The van der Waals surface area contributed by atoms with Crippen molar-refractivity contribution in [2.75, 3.05) is 28.8 Å². The van der Waals surface area contributed by atoms with Crippen LogP contribution in [0.25, 0.3) is 21.8 Å². The number of halogens is 1. The summed E-state index contributed by atoms with van der Waals surface area (Å²) in [6, 6.07) is 3.38. The van der Waals surface area contributed by atoms with Crippen LogP contribution < -0.4 is 14.3 Å². The maximum atomic E-state index is 14.2. The van der Waals surface area contributed by atoms with Crippen molar-refractivity contribution in [3.8, 4) is 11.5 Å². The van der Waals surface area contributed by atoms with Gasteiger partial charge in [0.1, 0.15) is 5.75 Å². The number of benzene rings is 2. The fraction of sp³-hybridized carbons (Fsp3) is 0.400. The van der Waals surface area contributed by atoms with Gasteiger partial charge in [0.25, 0.3) is 0 Å². The smallest absolute Gasteiger partial charge is 0.391 e. The van der Waals surface area contributed by atoms with E-state index in [9.17, 15) is 24.5 Å². The van der Waals surface area contributed by atoms with Crippen molar-refractivity contribution in [1.82, 2.24) is 9.97 Å². The number of fused-ring (bicyclic) bond motifs is 6. The third kappa shape index (κ3) is 3.26. The molecule has 0 saturated heterocycles. The highest BCUT2D eigenvalue weighted by molar-refractivity contribution is 7.39. The van der Waals surface area contributed by atoms with Crippen LogP contribution in [0.4, 0.5) is 11.4 Å². The summed E-state index contributed by atoms with van der Waals surface area (Å²) in [4.78, 5) is 57.2. The number of aryl methyl sites for hydroxylation is 2. The molecule has 0 spiro atoms. The average molecular weight is 609 g/mol. The van der Waals surface area contributed by atoms with E-state index in [0.717, 1.165) is 45.1 Å². The summed E-state index contributed by atoms with van der Waals surface area (Å²) in [7, 11) is -2.66. The molecule has 10 nitrogen and oxygen atoms in total. The molecule has 2 aliphatic heterocycles. The van der Waals surface area contributed by atoms with E-state index in [1.807, 2.05) is 26.2 Å². The fourth-order valence-electron chi connectivity index (χ4n) is 8.38. The van der Waals surface area contributed by atoms with Crippen molar-refractivity contribution in [1.29, 1.82) is 0 Å². The van der Waals surface area contributed by atoms with Crippen LogP contribution in [0.3, 0.4) is 0 Å². The standard InChI is InChI=1S/C30H30ClN4O6P/c1-14-8-32-25-20(36)5-18-17(22(14)25)3-4-34(18)27(37)29-11-30(12-29,13-29)28(38)35-10-16(7-31)24-19(35)6-21(41-42(39)40)26-23(24)15(2)9-33-26/h5-6,8-9,16,32-33,36,39-40H,3-4,7,10-13H2,1-2H3/t16-,29?,30?/m1/s1. The van der Waals surface area contributed by atoms with Crippen LogP contribution in [-0.2, 0) is 16.0 Å². The van der Waals surface area contributed by atoms with Gasteiger partial charge in [0.05, 0.1) is 33.2 Å². The van der Waals surface area contributed by atoms with Gasteiger partial charge in [0.15, 0.2) is 5.75 Å². The van der Waals surface area contributed by atoms with Crippen LogP contribution in [0.5, 0.6) is 11.5 Å². The van der Waals surface area contributed by atoms with Crippen molar-refractivity contribution in [2.45, 2.75) is 45.4 Å². The molecule has 5 N–H and O–H groups in total. The van der Waals surface area contributed by atoms with E-state index in [0.29, 0.717) is 55.0 Å². The number of aromatic hydroxyl groups is 1. The molecule has 12 heteroatoms. The third-order valence-corrected chi connectivity index (χ3v) is 10.9. The van der Waals surface area contributed by atoms with Crippen molar-refractivity contribution in [2.24, 2.45) is 10.8 Å². The van der Waals surface area contributed by atoms with E-state index in [1.54, 1.807) is 21.9 Å². The normalized spacial score (nSPS) is 25.6. The highest BCUT2D eigenvalue weighted by Crippen LogP contribution is 2.75. The number of phenolic OH excluding ortho intramolecular Hbond substituents is 1. The van der Waals surface area contributed by atoms with Crippen molar-refractivity contribution in [3.63, 3.8) is 0 Å². The topological polar surface area (TPSA) is 142 Å². The second-order valence-electron chi connectivity index (χ2n) is 12.6. The Labute approximate surface area is 247 Å². The zero-order chi connectivity index (χ0) is 29.3. The van der Waals surface area contributed by atoms with E-state index in [-0.39, 0.29) is 29.2 Å². The number of phenols is 1. The lowest BCUT2D eigenvalue weighted by atomic mass is 9.34. The predicted molar refractivity (Wildman–Crippen MR) is 160 cm³/mol. The van der Waals surface area contributed by atoms with Gasteiger partial charge >= 0.3 is 8.60 Å². The summed E-state index contributed by atoms with van der Waals surface area (Å²) in [6.07, 6.45) is 5.91. The first kappa shape index (κ1) is 26.3. The highest BCUT2D eigenvalue weighted by atomic mass is 35.5. The van der Waals surface area contributed by atoms with Gasteiger partial charge in [0, 0.05) is 60.2 Å². The number of nitrogens with one attached hydrogen (secondary N) is 2. The van der Waals surface area contributed by atoms with Crippen LogP contribution in [0.2, 0.25) is 0 Å². The van der Waals surface area contributed by atoms with E-state index < -0.39 is 19.4 Å². The van der Waals surface area contributed by atoms with E-state index in [4.69, 9.17) is 16.1 Å². The molecule has 2 amide bonds. The minimum atomic E-state index is -2.66. The molecule has 1 atom stereocenters. The number of hydrogen-bond donors (Lipinski definition) is 5. The molecular weight excluding hydrogens is 579 g/mol. The van der Waals surface area contributed by atoms with E-state index in [1.165, 1.54) is 0 Å². The predicted octanol–water partition coefficient (Wildman–Crippen LogP) is 4.99. The molecule has 4 heterocycles. The molecule has 3 saturated carbocycles. The minimum Gasteiger partial charge on any atom is -0.506 e. The van der Waals surface area contributed by atoms with Gasteiger partial charge in [-0.25, -0.2) is 0 Å². The van der Waals surface area contributed by atoms with Gasteiger partial charge in [-0.3, -0.25) is 9.59 Å². The lowest BCUT2D eigenvalue weighted by Crippen LogP contribution is -2.72. The van der Waals surface area contributed by atoms with Gasteiger partial charge in [0.2, 0.25) is 11.8 Å². The highest BCUT2D eigenvalue weighted by Gasteiger charge is 2.76. The van der Waals surface area contributed by atoms with Crippen LogP contribution >= 0.6 is 20.2 Å². The zero-order valence-corrected chi connectivity index (χ0v) is 24.8. The molecule has 5 aliphatic rings. The van der Waals surface area contributed by atoms with Gasteiger partial charge in [-0.1, -0.05) is 0 Å². The van der Waals surface area contributed by atoms with Gasteiger partial charge in [-0.2, -0.15) is 0 Å². The Balaban J connectivity index is 1.08. The molecule has 9 rings (SSSR count). The fourth-order valence-corrected chi connectivity index (χ4v) is 8.95. The zero-order valence-electron chi connectivity index (χ0n) is 23.1. The number of amides is 2. The molecule has 0 unspecified atom stereocenters. The molecule has 2 bridgehead atoms. The number of aromatic amines is 2. The SMILES string of the molecule is Cc1c[nH]c2c(O)cc3c(c12)CCN3C(=O)C12CC(C(=O)N3C[C@@H](CCl)c4c3cc(OP(O)O)c3[nH]cc(C)c43)(C1)C2. The van der Waals surface area contributed by atoms with Crippen LogP contribution in [0.1, 0.15) is 47.4 Å². The molecular formula is C30H30ClN4O6P. The molecule has 3 fully saturated rings. The van der Waals surface area contributed by atoms with Gasteiger partial charge < -0.3 is 39.2 Å². The number of alkyl halides is 1. The number of nitrogens with zero attached hydrogens (tertiary/aromatic N) is 2. The number of H-pyrrole nitrogens is 2. The summed E-state index contributed by atoms with van der Waals surface area (Å²) < 4.78 is 5.37. The number of anilines is 2. The number of rotatable bonds is 5. The molecule has 2 aromatic heterocycles. The lowest BCUT2D eigenvalue weighted by Gasteiger charge is -2.69. The Bertz CT molecular complexity index is 1840. The Morgan fingerprint density at radius 3 is 2.31 bits per heavy atom. The number of carbonyl (C=O) groups excluding carboxylic acids is 2. The monoisotopic (exact) mass is 608 g/mol. The Morgan fingerprint density at radius 2 is 1.64 bits per heavy atom. The summed E-state index contributed by atoms with van der Waals surface area (Å²) in [5, 5.41) is 12.5. The Hall–Kier alpha value is -3.30. The molecule has 2 aromatic carbocycles. The molecule has 4 aromatic rings. The third-order valence-electron chi connectivity index (χ3n) is 10.1. The number of carbonyl (C=O) groups is 2. The van der Waals surface area contributed by atoms with Crippen molar-refractivity contribution < 1.29 is 29.0 Å². The number of hydrogen-bond acceptors (Lipinski definition) is 6. The largest absolute Gasteiger partial charge is 0.506 e. The molecule has 3 aliphatic carbocycles. The summed E-state index contributed by atoms with van der Waals surface area (Å²) >= 11 is 6.42. The Kier molecular flexibility index (Phi) is 5.41. The first-order valence-electron chi connectivity index (χ1n) is 14.1. The lowest BCUT2D eigenvalue weighted by molar-refractivity contribution is -0.204. The van der Waals surface area contributed by atoms with Crippen molar-refractivity contribution in [3.05, 3.63) is 46.8 Å². The molecule has 42 heavy (non-hydrogen) atoms. The van der Waals surface area contributed by atoms with Gasteiger partial charge in [-0.15, -0.1) is 11.6 Å². The molecule has 218 valence electrons. The maximum absolute atomic E-state index is 14.2. The van der Waals surface area contributed by atoms with Crippen molar-refractivity contribution >= 4 is 65.2 Å². The summed E-state index contributed by atoms with van der Waals surface area (Å²) in [5.41, 5.74) is 5.64. The summed E-state index contributed by atoms with van der Waals surface area (Å²) in [5.74, 6) is 0.646. The van der Waals surface area contributed by atoms with E-state index >= 15 is 0 Å². The first-order valence-corrected chi connectivity index (χ1v) is 15.8. The quantitative estimate of drug-likeness (QED) is 0.160. The van der Waals surface area contributed by atoms with Crippen LogP contribution in [-0.4, -0.2) is 55.6 Å². The second-order valence-corrected chi connectivity index (χ2v) is 13.5. The summed E-state index contributed by atoms with van der Waals surface area (Å²) in [6.45, 7) is 4.93. The second kappa shape index (κ2) is 8.63. The maximum Gasteiger partial charge on any atom is 0.391 e. The Morgan fingerprint density at radius 1 is 1.00 bits per heavy atom. The van der Waals surface area contributed by atoms with E-state index in [2.05, 4.69) is 9.97 Å².